The molecule has 1 aliphatic rings. The summed E-state index contributed by atoms with van der Waals surface area (Å²) >= 11 is 0. The Morgan fingerprint density at radius 3 is 2.65 bits per heavy atom. The molecule has 0 saturated heterocycles. The molecule has 0 amide bonds. The number of hydrogen-bond donors (Lipinski definition) is 0. The summed E-state index contributed by atoms with van der Waals surface area (Å²) in [6.45, 7) is 1.90. The largest absolute Gasteiger partial charge is 0.457 e. The minimum atomic E-state index is 0.138. The van der Waals surface area contributed by atoms with Crippen molar-refractivity contribution in [2.24, 2.45) is 0 Å². The molecule has 1 aliphatic carbocycles. The minimum Gasteiger partial charge on any atom is -0.457 e. The predicted molar refractivity (Wildman–Crippen MR) is 77.4 cm³/mol. The van der Waals surface area contributed by atoms with Crippen molar-refractivity contribution in [1.82, 2.24) is 4.98 Å². The third-order valence-corrected chi connectivity index (χ3v) is 3.53. The monoisotopic (exact) mass is 267 g/mol. The van der Waals surface area contributed by atoms with Gasteiger partial charge in [-0.3, -0.25) is 4.79 Å². The first-order valence-electron chi connectivity index (χ1n) is 7.00. The van der Waals surface area contributed by atoms with Gasteiger partial charge in [0.25, 0.3) is 0 Å². The van der Waals surface area contributed by atoms with Gasteiger partial charge in [-0.15, -0.1) is 0 Å². The number of carbonyl (C=O) groups is 1. The highest BCUT2D eigenvalue weighted by Crippen LogP contribution is 2.31. The van der Waals surface area contributed by atoms with Crippen LogP contribution in [-0.2, 0) is 6.42 Å². The molecule has 0 bridgehead atoms. The van der Waals surface area contributed by atoms with E-state index in [2.05, 4.69) is 4.98 Å². The van der Waals surface area contributed by atoms with Gasteiger partial charge in [-0.25, -0.2) is 4.98 Å². The van der Waals surface area contributed by atoms with E-state index < -0.39 is 0 Å². The first kappa shape index (κ1) is 12.9. The maximum Gasteiger partial charge on any atom is 0.181 e. The number of pyridine rings is 1. The Labute approximate surface area is 118 Å². The van der Waals surface area contributed by atoms with E-state index in [0.717, 1.165) is 42.0 Å². The van der Waals surface area contributed by atoms with E-state index >= 15 is 0 Å². The number of rotatable bonds is 2. The molecule has 0 radical (unpaired) electrons. The molecule has 0 saturated carbocycles. The van der Waals surface area contributed by atoms with E-state index in [1.165, 1.54) is 0 Å². The molecule has 0 N–H and O–H groups in total. The van der Waals surface area contributed by atoms with E-state index in [0.29, 0.717) is 12.1 Å². The molecular formula is C17H17NO2. The zero-order valence-electron chi connectivity index (χ0n) is 11.6. The van der Waals surface area contributed by atoms with Gasteiger partial charge in [0.15, 0.2) is 5.78 Å². The topological polar surface area (TPSA) is 39.2 Å². The third kappa shape index (κ3) is 2.57. The zero-order chi connectivity index (χ0) is 13.9. The van der Waals surface area contributed by atoms with Crippen LogP contribution in [0.25, 0.3) is 0 Å². The number of fused-ring (bicyclic) bond motifs is 1. The Morgan fingerprint density at radius 1 is 1.10 bits per heavy atom. The van der Waals surface area contributed by atoms with E-state index in [9.17, 15) is 4.79 Å². The van der Waals surface area contributed by atoms with E-state index in [1.807, 2.05) is 43.3 Å². The van der Waals surface area contributed by atoms with Crippen LogP contribution < -0.4 is 4.74 Å². The van der Waals surface area contributed by atoms with Gasteiger partial charge in [-0.2, -0.15) is 0 Å². The van der Waals surface area contributed by atoms with Gasteiger partial charge < -0.3 is 4.74 Å². The van der Waals surface area contributed by atoms with Crippen LogP contribution in [0.5, 0.6) is 11.5 Å². The average Bonchev–Trinajstić information content (AvgIpc) is 2.63. The second kappa shape index (κ2) is 5.45. The molecule has 3 rings (SSSR count). The van der Waals surface area contributed by atoms with Gasteiger partial charge >= 0.3 is 0 Å². The van der Waals surface area contributed by atoms with Gasteiger partial charge in [0.05, 0.1) is 0 Å². The number of nitrogens with zero attached hydrogens (tertiary/aromatic N) is 1. The summed E-state index contributed by atoms with van der Waals surface area (Å²) in [7, 11) is 0. The lowest BCUT2D eigenvalue weighted by atomic mass is 10.1. The van der Waals surface area contributed by atoms with Crippen LogP contribution in [0, 0.1) is 6.92 Å². The second-order valence-corrected chi connectivity index (χ2v) is 5.13. The molecule has 3 heteroatoms. The molecular weight excluding hydrogens is 250 g/mol. The van der Waals surface area contributed by atoms with Crippen molar-refractivity contribution in [3.05, 3.63) is 53.3 Å². The van der Waals surface area contributed by atoms with Crippen molar-refractivity contribution in [2.75, 3.05) is 0 Å². The summed E-state index contributed by atoms with van der Waals surface area (Å²) in [5.41, 5.74) is 2.39. The number of ether oxygens (including phenoxy) is 1. The van der Waals surface area contributed by atoms with Gasteiger partial charge in [-0.05, 0) is 38.3 Å². The van der Waals surface area contributed by atoms with Gasteiger partial charge in [0, 0.05) is 23.7 Å². The van der Waals surface area contributed by atoms with Crippen molar-refractivity contribution in [3.63, 3.8) is 0 Å². The van der Waals surface area contributed by atoms with Crippen LogP contribution in [0.4, 0.5) is 0 Å². The molecule has 20 heavy (non-hydrogen) atoms. The standard InChI is InChI=1S/C17H17NO2/c1-12-11-16(20-13-7-3-2-4-8-13)14-9-5-6-10-15(19)17(14)18-12/h2-4,7-8,11H,5-6,9-10H2,1H3. The number of ketones is 1. The molecule has 3 nitrogen and oxygen atoms in total. The quantitative estimate of drug-likeness (QED) is 0.769. The van der Waals surface area contributed by atoms with Gasteiger partial charge in [0.2, 0.25) is 0 Å². The van der Waals surface area contributed by atoms with Crippen molar-refractivity contribution in [2.45, 2.75) is 32.6 Å². The summed E-state index contributed by atoms with van der Waals surface area (Å²) in [5, 5.41) is 0. The van der Waals surface area contributed by atoms with Gasteiger partial charge in [0.1, 0.15) is 17.2 Å². The number of aromatic nitrogens is 1. The number of para-hydroxylation sites is 1. The highest BCUT2D eigenvalue weighted by atomic mass is 16.5. The molecule has 0 fully saturated rings. The molecule has 2 aromatic rings. The van der Waals surface area contributed by atoms with Crippen LogP contribution in [0.15, 0.2) is 36.4 Å². The molecule has 0 atom stereocenters. The number of hydrogen-bond acceptors (Lipinski definition) is 3. The first-order chi connectivity index (χ1) is 9.74. The minimum absolute atomic E-state index is 0.138. The van der Waals surface area contributed by atoms with Crippen molar-refractivity contribution in [1.29, 1.82) is 0 Å². The zero-order valence-corrected chi connectivity index (χ0v) is 11.6. The molecule has 1 aromatic carbocycles. The molecule has 0 spiro atoms. The van der Waals surface area contributed by atoms with Crippen molar-refractivity contribution in [3.8, 4) is 11.5 Å². The second-order valence-electron chi connectivity index (χ2n) is 5.13. The van der Waals surface area contributed by atoms with Gasteiger partial charge in [-0.1, -0.05) is 18.2 Å². The van der Waals surface area contributed by atoms with Crippen LogP contribution in [-0.4, -0.2) is 10.8 Å². The molecule has 0 unspecified atom stereocenters. The Kier molecular flexibility index (Phi) is 3.50. The van der Waals surface area contributed by atoms with Crippen molar-refractivity contribution >= 4 is 5.78 Å². The van der Waals surface area contributed by atoms with E-state index in [1.54, 1.807) is 0 Å². The highest BCUT2D eigenvalue weighted by Gasteiger charge is 2.21. The van der Waals surface area contributed by atoms with Crippen LogP contribution in [0.2, 0.25) is 0 Å². The lowest BCUT2D eigenvalue weighted by molar-refractivity contribution is 0.0977. The van der Waals surface area contributed by atoms with E-state index in [4.69, 9.17) is 4.74 Å². The SMILES string of the molecule is Cc1cc(Oc2ccccc2)c2c(n1)C(=O)CCCC2. The average molecular weight is 267 g/mol. The Balaban J connectivity index is 2.04. The maximum atomic E-state index is 12.1. The molecule has 0 aliphatic heterocycles. The van der Waals surface area contributed by atoms with E-state index in [-0.39, 0.29) is 5.78 Å². The summed E-state index contributed by atoms with van der Waals surface area (Å²) in [6, 6.07) is 11.6. The first-order valence-corrected chi connectivity index (χ1v) is 7.00. The molecule has 1 heterocycles. The summed E-state index contributed by atoms with van der Waals surface area (Å²) in [6.07, 6.45) is 3.39. The molecule has 1 aromatic heterocycles. The lowest BCUT2D eigenvalue weighted by Crippen LogP contribution is -2.06. The third-order valence-electron chi connectivity index (χ3n) is 3.53. The molecule has 102 valence electrons. The fourth-order valence-corrected chi connectivity index (χ4v) is 2.55. The van der Waals surface area contributed by atoms with Crippen LogP contribution >= 0.6 is 0 Å². The fourth-order valence-electron chi connectivity index (χ4n) is 2.55. The smallest absolute Gasteiger partial charge is 0.181 e. The number of aryl methyl sites for hydroxylation is 1. The summed E-state index contributed by atoms with van der Waals surface area (Å²) in [4.78, 5) is 16.6. The number of Topliss-reactive ketones (excluding diaryl/α,β-unsaturated/α-hetero) is 1. The summed E-state index contributed by atoms with van der Waals surface area (Å²) in [5.74, 6) is 1.70. The predicted octanol–water partition coefficient (Wildman–Crippen LogP) is 4.09. The number of carbonyl (C=O) groups excluding carboxylic acids is 1. The Hall–Kier alpha value is -2.16. The lowest BCUT2D eigenvalue weighted by Gasteiger charge is -2.13. The Bertz CT molecular complexity index is 635. The highest BCUT2D eigenvalue weighted by molar-refractivity contribution is 5.96. The Morgan fingerprint density at radius 2 is 1.85 bits per heavy atom. The maximum absolute atomic E-state index is 12.1. The van der Waals surface area contributed by atoms with Crippen molar-refractivity contribution < 1.29 is 9.53 Å². The normalized spacial score (nSPS) is 14.6. The number of benzene rings is 1. The van der Waals surface area contributed by atoms with Crippen LogP contribution in [0.1, 0.15) is 41.0 Å². The van der Waals surface area contributed by atoms with Crippen LogP contribution in [0.3, 0.4) is 0 Å². The fraction of sp³-hybridized carbons (Fsp3) is 0.294. The summed E-state index contributed by atoms with van der Waals surface area (Å²) < 4.78 is 5.97.